The second-order valence-electron chi connectivity index (χ2n) is 3.23. The Morgan fingerprint density at radius 2 is 2.29 bits per heavy atom. The first-order valence-corrected chi connectivity index (χ1v) is 4.64. The number of nitrogens with zero attached hydrogens (tertiary/aromatic N) is 1. The average Bonchev–Trinajstić information content (AvgIpc) is 2.14. The van der Waals surface area contributed by atoms with E-state index in [0.29, 0.717) is 6.61 Å². The van der Waals surface area contributed by atoms with E-state index in [9.17, 15) is 5.11 Å². The van der Waals surface area contributed by atoms with Crippen LogP contribution < -0.4 is 0 Å². The second-order valence-corrected chi connectivity index (χ2v) is 3.23. The highest BCUT2D eigenvalue weighted by molar-refractivity contribution is 5.70. The molecule has 80 valence electrons. The number of ether oxygens (including phenoxy) is 1. The lowest BCUT2D eigenvalue weighted by atomic mass is 9.98. The molecule has 0 aliphatic heterocycles. The van der Waals surface area contributed by atoms with Crippen molar-refractivity contribution in [2.45, 2.75) is 19.4 Å². The molecule has 2 atom stereocenters. The summed E-state index contributed by atoms with van der Waals surface area (Å²) in [5.41, 5.74) is 0. The van der Waals surface area contributed by atoms with Crippen LogP contribution in [-0.4, -0.2) is 31.1 Å². The Morgan fingerprint density at radius 3 is 2.71 bits per heavy atom. The summed E-state index contributed by atoms with van der Waals surface area (Å²) in [5, 5.41) is 9.33. The molecule has 0 amide bonds. The van der Waals surface area contributed by atoms with Gasteiger partial charge >= 0.3 is 0 Å². The normalized spacial score (nSPS) is 15.3. The molecule has 3 heteroatoms. The third-order valence-electron chi connectivity index (χ3n) is 2.01. The van der Waals surface area contributed by atoms with E-state index in [4.69, 9.17) is 4.74 Å². The predicted octanol–water partition coefficient (Wildman–Crippen LogP) is 2.36. The molecule has 0 aromatic rings. The summed E-state index contributed by atoms with van der Waals surface area (Å²) >= 11 is 0. The van der Waals surface area contributed by atoms with Gasteiger partial charge in [0.2, 0.25) is 0 Å². The summed E-state index contributed by atoms with van der Waals surface area (Å²) in [6.07, 6.45) is 4.00. The molecule has 0 aromatic carbocycles. The highest BCUT2D eigenvalue weighted by atomic mass is 16.5. The zero-order valence-electron chi connectivity index (χ0n) is 8.94. The van der Waals surface area contributed by atoms with Crippen LogP contribution in [0, 0.1) is 5.92 Å². The Bertz CT molecular complexity index is 211. The minimum absolute atomic E-state index is 0.0895. The van der Waals surface area contributed by atoms with Crippen LogP contribution in [0.3, 0.4) is 0 Å². The molecule has 0 radical (unpaired) electrons. The van der Waals surface area contributed by atoms with Crippen molar-refractivity contribution in [2.75, 3.05) is 13.7 Å². The molecule has 3 nitrogen and oxygen atoms in total. The lowest BCUT2D eigenvalue weighted by molar-refractivity contribution is 0.172. The summed E-state index contributed by atoms with van der Waals surface area (Å²) in [6.45, 7) is 9.70. The van der Waals surface area contributed by atoms with Crippen LogP contribution in [0.4, 0.5) is 0 Å². The molecular formula is C11H19NO2. The molecule has 0 aliphatic rings. The van der Waals surface area contributed by atoms with Gasteiger partial charge in [0.25, 0.3) is 0 Å². The van der Waals surface area contributed by atoms with Gasteiger partial charge in [-0.3, -0.25) is 4.99 Å². The summed E-state index contributed by atoms with van der Waals surface area (Å²) in [5.74, 6) is 0.301. The summed E-state index contributed by atoms with van der Waals surface area (Å²) in [6, 6.07) is -0.261. The molecular weight excluding hydrogens is 178 g/mol. The quantitative estimate of drug-likeness (QED) is 0.503. The summed E-state index contributed by atoms with van der Waals surface area (Å²) < 4.78 is 4.96. The fourth-order valence-corrected chi connectivity index (χ4v) is 1.18. The van der Waals surface area contributed by atoms with Gasteiger partial charge in [-0.05, 0) is 12.3 Å². The maximum atomic E-state index is 9.33. The Morgan fingerprint density at radius 1 is 1.64 bits per heavy atom. The number of methoxy groups -OCH3 is 1. The fraction of sp³-hybridized carbons (Fsp3) is 0.545. The topological polar surface area (TPSA) is 41.8 Å². The van der Waals surface area contributed by atoms with E-state index in [-0.39, 0.29) is 17.7 Å². The number of aliphatic hydroxyl groups excluding tert-OH is 1. The van der Waals surface area contributed by atoms with Crippen LogP contribution in [0.5, 0.6) is 0 Å². The van der Waals surface area contributed by atoms with Crippen LogP contribution in [0.1, 0.15) is 13.3 Å². The smallest absolute Gasteiger partial charge is 0.110 e. The van der Waals surface area contributed by atoms with Crippen molar-refractivity contribution in [3.05, 3.63) is 25.0 Å². The van der Waals surface area contributed by atoms with E-state index in [1.54, 1.807) is 19.4 Å². The van der Waals surface area contributed by atoms with Crippen LogP contribution in [0.15, 0.2) is 30.0 Å². The summed E-state index contributed by atoms with van der Waals surface area (Å²) in [4.78, 5) is 4.15. The zero-order chi connectivity index (χ0) is 11.0. The molecule has 0 spiro atoms. The van der Waals surface area contributed by atoms with Crippen molar-refractivity contribution < 1.29 is 9.84 Å². The number of rotatable bonds is 7. The lowest BCUT2D eigenvalue weighted by Gasteiger charge is -2.18. The van der Waals surface area contributed by atoms with E-state index >= 15 is 0 Å². The maximum absolute atomic E-state index is 9.33. The molecule has 0 saturated carbocycles. The molecule has 0 aromatic heterocycles. The molecule has 1 N–H and O–H groups in total. The highest BCUT2D eigenvalue weighted by Gasteiger charge is 2.17. The molecule has 0 bridgehead atoms. The fourth-order valence-electron chi connectivity index (χ4n) is 1.18. The zero-order valence-corrected chi connectivity index (χ0v) is 8.94. The van der Waals surface area contributed by atoms with Gasteiger partial charge in [-0.1, -0.05) is 26.2 Å². The second kappa shape index (κ2) is 7.33. The van der Waals surface area contributed by atoms with Crippen molar-refractivity contribution in [3.63, 3.8) is 0 Å². The number of aliphatic imine (C=N–C) groups is 1. The van der Waals surface area contributed by atoms with Gasteiger partial charge in [-0.25, -0.2) is 0 Å². The van der Waals surface area contributed by atoms with Crippen LogP contribution >= 0.6 is 0 Å². The number of hydrogen-bond donors (Lipinski definition) is 1. The Kier molecular flexibility index (Phi) is 6.76. The minimum Gasteiger partial charge on any atom is -0.511 e. The molecule has 14 heavy (non-hydrogen) atoms. The van der Waals surface area contributed by atoms with Crippen LogP contribution in [-0.2, 0) is 4.74 Å². The Balaban J connectivity index is 4.25. The van der Waals surface area contributed by atoms with E-state index in [0.717, 1.165) is 6.42 Å². The van der Waals surface area contributed by atoms with Crippen molar-refractivity contribution in [1.29, 1.82) is 0 Å². The first-order valence-electron chi connectivity index (χ1n) is 4.64. The predicted molar refractivity (Wildman–Crippen MR) is 59.9 cm³/mol. The van der Waals surface area contributed by atoms with Crippen LogP contribution in [0.25, 0.3) is 0 Å². The SMILES string of the molecule is C=C/C=N/C(C(=C)O)C(C)CCOC. The molecule has 0 rings (SSSR count). The number of allylic oxidation sites excluding steroid dienone is 1. The van der Waals surface area contributed by atoms with Gasteiger partial charge in [0, 0.05) is 19.9 Å². The van der Waals surface area contributed by atoms with Gasteiger partial charge in [0.1, 0.15) is 11.8 Å². The largest absolute Gasteiger partial charge is 0.511 e. The van der Waals surface area contributed by atoms with Gasteiger partial charge in [0.05, 0.1) is 0 Å². The monoisotopic (exact) mass is 197 g/mol. The molecule has 0 aliphatic carbocycles. The Hall–Kier alpha value is -1.09. The molecule has 0 fully saturated rings. The summed E-state index contributed by atoms with van der Waals surface area (Å²) in [7, 11) is 1.66. The third-order valence-corrected chi connectivity index (χ3v) is 2.01. The van der Waals surface area contributed by atoms with Gasteiger partial charge in [-0.2, -0.15) is 0 Å². The highest BCUT2D eigenvalue weighted by Crippen LogP contribution is 2.16. The molecule has 2 unspecified atom stereocenters. The number of aliphatic hydroxyl groups is 1. The first-order chi connectivity index (χ1) is 6.63. The lowest BCUT2D eigenvalue weighted by Crippen LogP contribution is -2.19. The van der Waals surface area contributed by atoms with Crippen LogP contribution in [0.2, 0.25) is 0 Å². The van der Waals surface area contributed by atoms with Crippen molar-refractivity contribution in [2.24, 2.45) is 10.9 Å². The third kappa shape index (κ3) is 4.82. The van der Waals surface area contributed by atoms with Crippen molar-refractivity contribution in [1.82, 2.24) is 0 Å². The molecule has 0 saturated heterocycles. The number of hydrogen-bond acceptors (Lipinski definition) is 3. The van der Waals surface area contributed by atoms with Gasteiger partial charge < -0.3 is 9.84 Å². The van der Waals surface area contributed by atoms with E-state index in [2.05, 4.69) is 18.2 Å². The first kappa shape index (κ1) is 12.9. The Labute approximate surface area is 85.8 Å². The standard InChI is InChI=1S/C11H19NO2/c1-5-7-12-11(10(3)13)9(2)6-8-14-4/h5,7,9,11,13H,1,3,6,8H2,2,4H3/b12-7+. The van der Waals surface area contributed by atoms with Gasteiger partial charge in [0.15, 0.2) is 0 Å². The minimum atomic E-state index is -0.261. The van der Waals surface area contributed by atoms with Crippen molar-refractivity contribution >= 4 is 6.21 Å². The molecule has 0 heterocycles. The van der Waals surface area contributed by atoms with Gasteiger partial charge in [-0.15, -0.1) is 0 Å². The maximum Gasteiger partial charge on any atom is 0.110 e. The van der Waals surface area contributed by atoms with E-state index in [1.807, 2.05) is 6.92 Å². The average molecular weight is 197 g/mol. The van der Waals surface area contributed by atoms with E-state index < -0.39 is 0 Å². The van der Waals surface area contributed by atoms with Crippen molar-refractivity contribution in [3.8, 4) is 0 Å². The van der Waals surface area contributed by atoms with E-state index in [1.165, 1.54) is 0 Å².